The maximum absolute atomic E-state index is 11.8. The lowest BCUT2D eigenvalue weighted by molar-refractivity contribution is -0.117. The van der Waals surface area contributed by atoms with Crippen LogP contribution in [0, 0.1) is 0 Å². The van der Waals surface area contributed by atoms with Gasteiger partial charge in [-0.05, 0) is 23.6 Å². The molecular formula is C12H11NO. The van der Waals surface area contributed by atoms with Crippen LogP contribution in [0.2, 0.25) is 0 Å². The number of hydrogen-bond acceptors (Lipinski definition) is 2. The minimum atomic E-state index is -0.0961. The zero-order chi connectivity index (χ0) is 9.71. The molecule has 2 heteroatoms. The van der Waals surface area contributed by atoms with Crippen molar-refractivity contribution in [2.45, 2.75) is 19.0 Å². The van der Waals surface area contributed by atoms with E-state index in [-0.39, 0.29) is 17.9 Å². The van der Waals surface area contributed by atoms with Gasteiger partial charge in [-0.3, -0.25) is 10.1 Å². The van der Waals surface area contributed by atoms with Crippen LogP contribution in [0.5, 0.6) is 0 Å². The van der Waals surface area contributed by atoms with Crippen molar-refractivity contribution >= 4 is 5.78 Å². The largest absolute Gasteiger partial charge is 0.293 e. The molecular weight excluding hydrogens is 174 g/mol. The predicted molar refractivity (Wildman–Crippen MR) is 53.8 cm³/mol. The van der Waals surface area contributed by atoms with Crippen molar-refractivity contribution in [1.82, 2.24) is 5.32 Å². The molecule has 2 nitrogen and oxygen atoms in total. The molecule has 2 unspecified atom stereocenters. The van der Waals surface area contributed by atoms with Gasteiger partial charge in [0.1, 0.15) is 0 Å². The second kappa shape index (κ2) is 2.55. The van der Waals surface area contributed by atoms with Gasteiger partial charge in [-0.15, -0.1) is 0 Å². The Hall–Kier alpha value is -1.41. The Bertz CT molecular complexity index is 447. The fraction of sp³-hybridized carbons (Fsp3) is 0.250. The van der Waals surface area contributed by atoms with Gasteiger partial charge in [0.15, 0.2) is 5.78 Å². The fourth-order valence-electron chi connectivity index (χ4n) is 2.33. The van der Waals surface area contributed by atoms with E-state index in [0.29, 0.717) is 0 Å². The molecule has 1 N–H and O–H groups in total. The van der Waals surface area contributed by atoms with Gasteiger partial charge >= 0.3 is 0 Å². The first-order chi connectivity index (χ1) is 6.77. The van der Waals surface area contributed by atoms with Crippen LogP contribution in [-0.4, -0.2) is 5.78 Å². The molecule has 2 atom stereocenters. The molecule has 0 fully saturated rings. The Kier molecular flexibility index (Phi) is 1.45. The van der Waals surface area contributed by atoms with E-state index in [1.807, 2.05) is 31.2 Å². The summed E-state index contributed by atoms with van der Waals surface area (Å²) in [5, 5.41) is 3.31. The number of benzene rings is 1. The van der Waals surface area contributed by atoms with Crippen molar-refractivity contribution in [2.24, 2.45) is 0 Å². The smallest absolute Gasteiger partial charge is 0.179 e. The van der Waals surface area contributed by atoms with Crippen LogP contribution in [-0.2, 0) is 4.79 Å². The first-order valence-corrected chi connectivity index (χ1v) is 4.85. The molecule has 2 bridgehead atoms. The summed E-state index contributed by atoms with van der Waals surface area (Å²) in [5.74, 6) is 0.214. The van der Waals surface area contributed by atoms with E-state index in [1.54, 1.807) is 0 Å². The summed E-state index contributed by atoms with van der Waals surface area (Å²) < 4.78 is 0. The van der Waals surface area contributed by atoms with Gasteiger partial charge in [-0.25, -0.2) is 0 Å². The summed E-state index contributed by atoms with van der Waals surface area (Å²) in [6, 6.07) is 8.29. The average Bonchev–Trinajstić information content (AvgIpc) is 2.52. The molecule has 0 saturated heterocycles. The monoisotopic (exact) mass is 185 g/mol. The number of Topliss-reactive ketones (excluding diaryl/α,β-unsaturated/α-hetero) is 1. The van der Waals surface area contributed by atoms with Crippen molar-refractivity contribution in [1.29, 1.82) is 0 Å². The summed E-state index contributed by atoms with van der Waals surface area (Å²) >= 11 is 0. The van der Waals surface area contributed by atoms with E-state index < -0.39 is 0 Å². The summed E-state index contributed by atoms with van der Waals surface area (Å²) in [6.07, 6.45) is 2.02. The maximum atomic E-state index is 11.8. The molecule has 0 radical (unpaired) electrons. The van der Waals surface area contributed by atoms with E-state index in [0.717, 1.165) is 11.1 Å². The third-order valence-electron chi connectivity index (χ3n) is 3.06. The fourth-order valence-corrected chi connectivity index (χ4v) is 2.33. The average molecular weight is 185 g/mol. The third kappa shape index (κ3) is 0.863. The number of ketones is 1. The molecule has 2 aliphatic heterocycles. The molecule has 1 aromatic carbocycles. The van der Waals surface area contributed by atoms with Crippen molar-refractivity contribution in [3.05, 3.63) is 47.0 Å². The van der Waals surface area contributed by atoms with E-state index in [1.165, 1.54) is 5.56 Å². The topological polar surface area (TPSA) is 29.1 Å². The normalized spacial score (nSPS) is 28.6. The molecule has 0 spiro atoms. The van der Waals surface area contributed by atoms with Crippen LogP contribution in [0.25, 0.3) is 0 Å². The summed E-state index contributed by atoms with van der Waals surface area (Å²) in [6.45, 7) is 1.90. The van der Waals surface area contributed by atoms with Gasteiger partial charge in [0.2, 0.25) is 0 Å². The van der Waals surface area contributed by atoms with Crippen molar-refractivity contribution in [2.75, 3.05) is 0 Å². The Balaban J connectivity index is 2.23. The lowest BCUT2D eigenvalue weighted by atomic mass is 10.0. The molecule has 2 aliphatic rings. The zero-order valence-electron chi connectivity index (χ0n) is 7.95. The highest BCUT2D eigenvalue weighted by Crippen LogP contribution is 2.39. The molecule has 3 rings (SSSR count). The molecule has 14 heavy (non-hydrogen) atoms. The Morgan fingerprint density at radius 2 is 1.93 bits per heavy atom. The van der Waals surface area contributed by atoms with E-state index >= 15 is 0 Å². The minimum Gasteiger partial charge on any atom is -0.293 e. The summed E-state index contributed by atoms with van der Waals surface area (Å²) in [7, 11) is 0. The van der Waals surface area contributed by atoms with Crippen LogP contribution in [0.1, 0.15) is 30.1 Å². The quantitative estimate of drug-likeness (QED) is 0.668. The Labute approximate surface area is 82.6 Å². The highest BCUT2D eigenvalue weighted by Gasteiger charge is 2.37. The van der Waals surface area contributed by atoms with Gasteiger partial charge < -0.3 is 0 Å². The number of carbonyl (C=O) groups is 1. The van der Waals surface area contributed by atoms with Crippen molar-refractivity contribution < 1.29 is 4.79 Å². The predicted octanol–water partition coefficient (Wildman–Crippen LogP) is 1.90. The van der Waals surface area contributed by atoms with Crippen molar-refractivity contribution in [3.8, 4) is 0 Å². The Morgan fingerprint density at radius 1 is 1.21 bits per heavy atom. The maximum Gasteiger partial charge on any atom is 0.179 e. The first kappa shape index (κ1) is 7.94. The van der Waals surface area contributed by atoms with Crippen molar-refractivity contribution in [3.63, 3.8) is 0 Å². The molecule has 70 valence electrons. The molecule has 2 heterocycles. The van der Waals surface area contributed by atoms with Gasteiger partial charge in [-0.1, -0.05) is 30.3 Å². The van der Waals surface area contributed by atoms with Crippen LogP contribution in [0.4, 0.5) is 0 Å². The van der Waals surface area contributed by atoms with Crippen LogP contribution in [0.15, 0.2) is 35.9 Å². The lowest BCUT2D eigenvalue weighted by Gasteiger charge is -2.18. The Morgan fingerprint density at radius 3 is 2.71 bits per heavy atom. The lowest BCUT2D eigenvalue weighted by Crippen LogP contribution is -2.29. The second-order valence-corrected chi connectivity index (χ2v) is 3.92. The zero-order valence-corrected chi connectivity index (χ0v) is 7.95. The second-order valence-electron chi connectivity index (χ2n) is 3.92. The number of carbonyl (C=O) groups excluding carboxylic acids is 1. The van der Waals surface area contributed by atoms with Gasteiger partial charge in [0.05, 0.1) is 12.1 Å². The number of hydrogen-bond donors (Lipinski definition) is 1. The number of rotatable bonds is 0. The minimum absolute atomic E-state index is 0.0961. The summed E-state index contributed by atoms with van der Waals surface area (Å²) in [5.41, 5.74) is 3.29. The molecule has 0 aliphatic carbocycles. The number of fused-ring (bicyclic) bond motifs is 5. The van der Waals surface area contributed by atoms with Crippen LogP contribution in [0.3, 0.4) is 0 Å². The highest BCUT2D eigenvalue weighted by atomic mass is 16.1. The molecule has 0 amide bonds. The molecule has 1 aromatic rings. The van der Waals surface area contributed by atoms with Gasteiger partial charge in [0.25, 0.3) is 0 Å². The van der Waals surface area contributed by atoms with E-state index in [2.05, 4.69) is 11.4 Å². The standard InChI is InChI=1S/C12H11NO/c1-7-6-10-8-4-2-3-5-9(8)11(13-10)12(7)14/h2-6,10-11,13H,1H3. The van der Waals surface area contributed by atoms with E-state index in [4.69, 9.17) is 0 Å². The number of nitrogens with one attached hydrogen (secondary N) is 1. The van der Waals surface area contributed by atoms with Crippen LogP contribution < -0.4 is 5.32 Å². The molecule has 0 aromatic heterocycles. The van der Waals surface area contributed by atoms with E-state index in [9.17, 15) is 4.79 Å². The SMILES string of the molecule is CC1=CC2NC(C1=O)c1ccccc12. The van der Waals surface area contributed by atoms with Crippen LogP contribution >= 0.6 is 0 Å². The van der Waals surface area contributed by atoms with Gasteiger partial charge in [0, 0.05) is 0 Å². The highest BCUT2D eigenvalue weighted by molar-refractivity contribution is 6.01. The first-order valence-electron chi connectivity index (χ1n) is 4.85. The summed E-state index contributed by atoms with van der Waals surface area (Å²) in [4.78, 5) is 11.8. The third-order valence-corrected chi connectivity index (χ3v) is 3.06. The molecule has 0 saturated carbocycles. The van der Waals surface area contributed by atoms with Gasteiger partial charge in [-0.2, -0.15) is 0 Å².